The topological polar surface area (TPSA) is 75.1 Å². The number of rotatable bonds is 8. The van der Waals surface area contributed by atoms with E-state index in [-0.39, 0.29) is 92.8 Å². The number of halogens is 6. The SMILES string of the molecule is C/C=C(\N=C(\c1nc(NC2CCC(F)(F)CC2)nc(NC2CCC(F)(F)CC2)n1)C(C)C)C(C)(F)F. The minimum atomic E-state index is -3.19. The number of hydrogen-bond acceptors (Lipinski definition) is 6. The molecular formula is C24H34F6N6. The highest BCUT2D eigenvalue weighted by atomic mass is 19.3. The lowest BCUT2D eigenvalue weighted by atomic mass is 9.92. The molecule has 2 aliphatic rings. The van der Waals surface area contributed by atoms with E-state index in [1.54, 1.807) is 13.8 Å². The maximum absolute atomic E-state index is 14.1. The van der Waals surface area contributed by atoms with Gasteiger partial charge in [0, 0.05) is 44.7 Å². The minimum Gasteiger partial charge on any atom is -0.351 e. The molecule has 0 bridgehead atoms. The van der Waals surface area contributed by atoms with Gasteiger partial charge in [-0.2, -0.15) is 23.7 Å². The lowest BCUT2D eigenvalue weighted by Gasteiger charge is -2.30. The average molecular weight is 521 g/mol. The monoisotopic (exact) mass is 520 g/mol. The predicted molar refractivity (Wildman–Crippen MR) is 127 cm³/mol. The molecule has 3 rings (SSSR count). The maximum Gasteiger partial charge on any atom is 0.286 e. The van der Waals surface area contributed by atoms with Crippen molar-refractivity contribution in [3.05, 3.63) is 17.6 Å². The second kappa shape index (κ2) is 10.9. The van der Waals surface area contributed by atoms with Gasteiger partial charge in [-0.25, -0.2) is 22.6 Å². The van der Waals surface area contributed by atoms with Crippen molar-refractivity contribution < 1.29 is 26.3 Å². The molecule has 0 spiro atoms. The Morgan fingerprint density at radius 3 is 1.64 bits per heavy atom. The third-order valence-corrected chi connectivity index (χ3v) is 6.48. The van der Waals surface area contributed by atoms with Crippen molar-refractivity contribution in [3.8, 4) is 0 Å². The number of aromatic nitrogens is 3. The molecule has 0 aliphatic heterocycles. The van der Waals surface area contributed by atoms with Gasteiger partial charge in [0.25, 0.3) is 5.92 Å². The lowest BCUT2D eigenvalue weighted by molar-refractivity contribution is -0.0366. The highest BCUT2D eigenvalue weighted by molar-refractivity contribution is 5.99. The van der Waals surface area contributed by atoms with Crippen LogP contribution in [0.5, 0.6) is 0 Å². The number of aliphatic imine (C=N–C) groups is 1. The van der Waals surface area contributed by atoms with Gasteiger partial charge in [-0.3, -0.25) is 0 Å². The predicted octanol–water partition coefficient (Wildman–Crippen LogP) is 6.86. The molecule has 2 saturated carbocycles. The summed E-state index contributed by atoms with van der Waals surface area (Å²) in [5.74, 6) is -8.70. The summed E-state index contributed by atoms with van der Waals surface area (Å²) in [6.07, 6.45) is 1.01. The highest BCUT2D eigenvalue weighted by Crippen LogP contribution is 2.35. The molecule has 0 aromatic carbocycles. The Hall–Kier alpha value is -2.40. The molecule has 2 fully saturated rings. The molecule has 0 unspecified atom stereocenters. The van der Waals surface area contributed by atoms with Crippen LogP contribution in [0.2, 0.25) is 0 Å². The molecule has 202 valence electrons. The molecule has 1 aromatic heterocycles. The first kappa shape index (κ1) is 28.2. The quantitative estimate of drug-likeness (QED) is 0.290. The Bertz CT molecular complexity index is 904. The summed E-state index contributed by atoms with van der Waals surface area (Å²) in [5.41, 5.74) is -0.247. The molecule has 0 saturated heterocycles. The first-order valence-corrected chi connectivity index (χ1v) is 12.4. The number of hydrogen-bond donors (Lipinski definition) is 2. The molecule has 0 amide bonds. The molecule has 0 atom stereocenters. The van der Waals surface area contributed by atoms with Gasteiger partial charge in [-0.15, -0.1) is 0 Å². The van der Waals surface area contributed by atoms with Crippen LogP contribution < -0.4 is 10.6 Å². The third-order valence-electron chi connectivity index (χ3n) is 6.48. The van der Waals surface area contributed by atoms with Gasteiger partial charge in [0.15, 0.2) is 5.82 Å². The molecule has 6 nitrogen and oxygen atoms in total. The van der Waals surface area contributed by atoms with Gasteiger partial charge in [-0.05, 0) is 38.5 Å². The second-order valence-corrected chi connectivity index (χ2v) is 10.1. The summed E-state index contributed by atoms with van der Waals surface area (Å²) in [5, 5.41) is 6.14. The number of anilines is 2. The van der Waals surface area contributed by atoms with Gasteiger partial charge in [-0.1, -0.05) is 19.9 Å². The van der Waals surface area contributed by atoms with Crippen molar-refractivity contribution in [2.45, 2.75) is 109 Å². The van der Waals surface area contributed by atoms with E-state index in [0.29, 0.717) is 0 Å². The van der Waals surface area contributed by atoms with Gasteiger partial charge < -0.3 is 10.6 Å². The van der Waals surface area contributed by atoms with E-state index in [4.69, 9.17) is 0 Å². The number of alkyl halides is 6. The maximum atomic E-state index is 14.1. The normalized spacial score (nSPS) is 22.1. The fourth-order valence-electron chi connectivity index (χ4n) is 4.34. The molecule has 2 N–H and O–H groups in total. The molecule has 0 radical (unpaired) electrons. The van der Waals surface area contributed by atoms with Gasteiger partial charge in [0.2, 0.25) is 23.7 Å². The van der Waals surface area contributed by atoms with Gasteiger partial charge >= 0.3 is 0 Å². The van der Waals surface area contributed by atoms with Crippen molar-refractivity contribution in [1.29, 1.82) is 0 Å². The van der Waals surface area contributed by atoms with Crippen molar-refractivity contribution >= 4 is 17.6 Å². The molecule has 2 aliphatic carbocycles. The standard InChI is InChI=1S/C24H34F6N6/c1-5-17(22(4,25)26)33-18(14(2)3)19-34-20(31-15-6-10-23(27,28)11-7-15)36-21(35-19)32-16-8-12-24(29,30)13-9-16/h5,14-16H,6-13H2,1-4H3,(H2,31,32,34,35,36)/b17-5-,33-18+. The largest absolute Gasteiger partial charge is 0.351 e. The van der Waals surface area contributed by atoms with E-state index in [1.165, 1.54) is 13.0 Å². The first-order chi connectivity index (χ1) is 16.7. The van der Waals surface area contributed by atoms with E-state index < -0.39 is 23.5 Å². The summed E-state index contributed by atoms with van der Waals surface area (Å²) in [4.78, 5) is 17.3. The number of nitrogens with one attached hydrogen (secondary N) is 2. The highest BCUT2D eigenvalue weighted by Gasteiger charge is 2.36. The van der Waals surface area contributed by atoms with Crippen LogP contribution in [0.15, 0.2) is 16.8 Å². The van der Waals surface area contributed by atoms with Crippen LogP contribution in [0, 0.1) is 5.92 Å². The average Bonchev–Trinajstić information content (AvgIpc) is 2.76. The zero-order chi connectivity index (χ0) is 26.7. The fraction of sp³-hybridized carbons (Fsp3) is 0.750. The minimum absolute atomic E-state index is 0.0517. The van der Waals surface area contributed by atoms with Crippen LogP contribution in [0.4, 0.5) is 38.2 Å². The molecular weight excluding hydrogens is 486 g/mol. The molecule has 1 heterocycles. The molecule has 1 aromatic rings. The summed E-state index contributed by atoms with van der Waals surface area (Å²) in [7, 11) is 0. The van der Waals surface area contributed by atoms with Crippen LogP contribution in [-0.4, -0.2) is 50.5 Å². The summed E-state index contributed by atoms with van der Waals surface area (Å²) in [6, 6.07) is -0.599. The van der Waals surface area contributed by atoms with Gasteiger partial charge in [0.05, 0.1) is 5.71 Å². The Morgan fingerprint density at radius 1 is 0.889 bits per heavy atom. The number of nitrogens with zero attached hydrogens (tertiary/aromatic N) is 4. The van der Waals surface area contributed by atoms with E-state index in [1.807, 2.05) is 0 Å². The van der Waals surface area contributed by atoms with Crippen LogP contribution in [0.3, 0.4) is 0 Å². The van der Waals surface area contributed by atoms with Crippen molar-refractivity contribution in [2.75, 3.05) is 10.6 Å². The lowest BCUT2D eigenvalue weighted by Crippen LogP contribution is -2.34. The van der Waals surface area contributed by atoms with E-state index in [2.05, 4.69) is 30.6 Å². The summed E-state index contributed by atoms with van der Waals surface area (Å²) in [6.45, 7) is 5.72. The van der Waals surface area contributed by atoms with E-state index in [9.17, 15) is 26.3 Å². The zero-order valence-electron chi connectivity index (χ0n) is 21.0. The van der Waals surface area contributed by atoms with Crippen LogP contribution in [0.1, 0.15) is 84.9 Å². The Balaban J connectivity index is 1.94. The van der Waals surface area contributed by atoms with Crippen LogP contribution in [-0.2, 0) is 0 Å². The van der Waals surface area contributed by atoms with Crippen molar-refractivity contribution in [2.24, 2.45) is 10.9 Å². The zero-order valence-corrected chi connectivity index (χ0v) is 21.0. The van der Waals surface area contributed by atoms with E-state index in [0.717, 1.165) is 6.92 Å². The molecule has 12 heteroatoms. The summed E-state index contributed by atoms with van der Waals surface area (Å²) >= 11 is 0. The molecule has 36 heavy (non-hydrogen) atoms. The summed E-state index contributed by atoms with van der Waals surface area (Å²) < 4.78 is 82.5. The van der Waals surface area contributed by atoms with Crippen molar-refractivity contribution in [3.63, 3.8) is 0 Å². The smallest absolute Gasteiger partial charge is 0.286 e. The van der Waals surface area contributed by atoms with Crippen LogP contribution in [0.25, 0.3) is 0 Å². The van der Waals surface area contributed by atoms with Crippen LogP contribution >= 0.6 is 0 Å². The fourth-order valence-corrected chi connectivity index (χ4v) is 4.34. The van der Waals surface area contributed by atoms with E-state index >= 15 is 0 Å². The first-order valence-electron chi connectivity index (χ1n) is 12.4. The Morgan fingerprint density at radius 2 is 1.31 bits per heavy atom. The number of allylic oxidation sites excluding steroid dienone is 2. The van der Waals surface area contributed by atoms with Crippen molar-refractivity contribution in [1.82, 2.24) is 15.0 Å². The Kier molecular flexibility index (Phi) is 8.55. The van der Waals surface area contributed by atoms with Gasteiger partial charge in [0.1, 0.15) is 5.70 Å². The Labute approximate surface area is 207 Å². The third kappa shape index (κ3) is 7.80. The second-order valence-electron chi connectivity index (χ2n) is 10.1.